The van der Waals surface area contributed by atoms with E-state index in [1.54, 1.807) is 60.9 Å². The largest absolute Gasteiger partial charge is 0.401 e. The number of nitrogens with one attached hydrogen (secondary N) is 3. The summed E-state index contributed by atoms with van der Waals surface area (Å²) in [6.07, 6.45) is -4.96. The molecule has 0 aliphatic carbocycles. The Morgan fingerprint density at radius 2 is 1.50 bits per heavy atom. The average Bonchev–Trinajstić information content (AvgIpc) is 2.79. The molecule has 0 radical (unpaired) electrons. The highest BCUT2D eigenvalue weighted by Gasteiger charge is 2.30. The Kier molecular flexibility index (Phi) is 10.0. The molecular weight excluding hydrogens is 475 g/mol. The number of amides is 2. The maximum atomic E-state index is 12.7. The third kappa shape index (κ3) is 10.1. The van der Waals surface area contributed by atoms with Gasteiger partial charge in [0.05, 0.1) is 18.2 Å². The highest BCUT2D eigenvalue weighted by atomic mass is 19.4. The molecular formula is C26H30F3N3O4. The first-order chi connectivity index (χ1) is 16.8. The van der Waals surface area contributed by atoms with Crippen LogP contribution in [0.1, 0.15) is 54.7 Å². The van der Waals surface area contributed by atoms with Crippen LogP contribution in [0.5, 0.6) is 0 Å². The second-order valence-electron chi connectivity index (χ2n) is 9.11. The van der Waals surface area contributed by atoms with Crippen molar-refractivity contribution in [1.29, 1.82) is 0 Å². The fourth-order valence-corrected chi connectivity index (χ4v) is 3.22. The maximum Gasteiger partial charge on any atom is 0.401 e. The highest BCUT2D eigenvalue weighted by Crippen LogP contribution is 2.15. The van der Waals surface area contributed by atoms with Crippen molar-refractivity contribution >= 4 is 11.8 Å². The second kappa shape index (κ2) is 12.5. The Morgan fingerprint density at radius 1 is 0.972 bits per heavy atom. The number of carbonyl (C=O) groups is 2. The molecule has 2 aromatic rings. The van der Waals surface area contributed by atoms with Crippen LogP contribution < -0.4 is 16.1 Å². The van der Waals surface area contributed by atoms with E-state index >= 15 is 0 Å². The van der Waals surface area contributed by atoms with E-state index in [0.717, 1.165) is 0 Å². The Morgan fingerprint density at radius 3 is 1.97 bits per heavy atom. The first-order valence-corrected chi connectivity index (χ1v) is 11.2. The molecule has 0 heterocycles. The molecule has 0 aromatic heterocycles. The molecule has 2 amide bonds. The van der Waals surface area contributed by atoms with Gasteiger partial charge in [-0.05, 0) is 69.7 Å². The predicted molar refractivity (Wildman–Crippen MR) is 128 cm³/mol. The van der Waals surface area contributed by atoms with Crippen LogP contribution in [0.25, 0.3) is 0 Å². The molecule has 36 heavy (non-hydrogen) atoms. The molecule has 0 aliphatic heterocycles. The van der Waals surface area contributed by atoms with E-state index in [0.29, 0.717) is 16.7 Å². The summed E-state index contributed by atoms with van der Waals surface area (Å²) in [5.74, 6) is 4.59. The summed E-state index contributed by atoms with van der Waals surface area (Å²) in [4.78, 5) is 24.7. The molecule has 0 saturated carbocycles. The van der Waals surface area contributed by atoms with Crippen LogP contribution in [0.3, 0.4) is 0 Å². The van der Waals surface area contributed by atoms with Crippen molar-refractivity contribution in [3.05, 3.63) is 70.8 Å². The summed E-state index contributed by atoms with van der Waals surface area (Å²) in [5, 5.41) is 13.9. The van der Waals surface area contributed by atoms with Gasteiger partial charge in [0, 0.05) is 23.2 Å². The summed E-state index contributed by atoms with van der Waals surface area (Å²) in [6.45, 7) is 6.09. The molecule has 0 unspecified atom stereocenters. The lowest BCUT2D eigenvalue weighted by Gasteiger charge is -2.30. The second-order valence-corrected chi connectivity index (χ2v) is 9.11. The molecule has 0 bridgehead atoms. The topological polar surface area (TPSA) is 99.7 Å². The van der Waals surface area contributed by atoms with Gasteiger partial charge >= 0.3 is 6.18 Å². The number of ether oxygens (including phenoxy) is 1. The SMILES string of the molecule is C[C@@H](OC(C)(C)C)[C@H](NC(=O)c1ccc(C#Cc2ccc(CNCC(F)(F)F)cc2)cc1)C(=O)NO. The van der Waals surface area contributed by atoms with Gasteiger partial charge in [-0.15, -0.1) is 0 Å². The van der Waals surface area contributed by atoms with E-state index in [-0.39, 0.29) is 12.1 Å². The van der Waals surface area contributed by atoms with E-state index in [4.69, 9.17) is 9.94 Å². The van der Waals surface area contributed by atoms with Gasteiger partial charge in [0.15, 0.2) is 0 Å². The average molecular weight is 506 g/mol. The van der Waals surface area contributed by atoms with Crippen molar-refractivity contribution in [2.45, 2.75) is 58.2 Å². The van der Waals surface area contributed by atoms with Crippen LogP contribution in [-0.2, 0) is 16.1 Å². The van der Waals surface area contributed by atoms with Crippen molar-refractivity contribution < 1.29 is 32.7 Å². The quantitative estimate of drug-likeness (QED) is 0.250. The highest BCUT2D eigenvalue weighted by molar-refractivity contribution is 5.97. The Hall–Kier alpha value is -3.39. The Labute approximate surface area is 208 Å². The molecule has 0 spiro atoms. The molecule has 2 rings (SSSR count). The summed E-state index contributed by atoms with van der Waals surface area (Å²) < 4.78 is 42.4. The lowest BCUT2D eigenvalue weighted by Crippen LogP contribution is -2.53. The normalized spacial score (nSPS) is 13.2. The van der Waals surface area contributed by atoms with Crippen LogP contribution in [-0.4, -0.2) is 47.5 Å². The molecule has 10 heteroatoms. The molecule has 2 aromatic carbocycles. The molecule has 0 fully saturated rings. The van der Waals surface area contributed by atoms with E-state index < -0.39 is 42.3 Å². The molecule has 4 N–H and O–H groups in total. The standard InChI is InChI=1S/C26H30F3N3O4/c1-17(36-25(2,3)4)22(24(34)32-35)31-23(33)21-13-11-19(12-14-21)6-5-18-7-9-20(10-8-18)15-30-16-26(27,28)29/h7-14,17,22,30,35H,15-16H2,1-4H3,(H,31,33)(H,32,34)/t17-,22+/m1/s1. The van der Waals surface area contributed by atoms with Gasteiger partial charge in [-0.2, -0.15) is 13.2 Å². The van der Waals surface area contributed by atoms with E-state index in [9.17, 15) is 22.8 Å². The summed E-state index contributed by atoms with van der Waals surface area (Å²) >= 11 is 0. The lowest BCUT2D eigenvalue weighted by molar-refractivity contribution is -0.138. The van der Waals surface area contributed by atoms with Crippen molar-refractivity contribution in [2.75, 3.05) is 6.54 Å². The number of alkyl halides is 3. The summed E-state index contributed by atoms with van der Waals surface area (Å²) in [7, 11) is 0. The van der Waals surface area contributed by atoms with Crippen molar-refractivity contribution in [2.24, 2.45) is 0 Å². The maximum absolute atomic E-state index is 12.7. The van der Waals surface area contributed by atoms with Gasteiger partial charge < -0.3 is 15.4 Å². The van der Waals surface area contributed by atoms with Crippen LogP contribution in [0.4, 0.5) is 13.2 Å². The van der Waals surface area contributed by atoms with Gasteiger partial charge in [-0.1, -0.05) is 24.0 Å². The van der Waals surface area contributed by atoms with E-state index in [1.807, 2.05) is 20.8 Å². The zero-order valence-electron chi connectivity index (χ0n) is 20.5. The number of carbonyl (C=O) groups excluding carboxylic acids is 2. The smallest absolute Gasteiger partial charge is 0.370 e. The number of benzene rings is 2. The van der Waals surface area contributed by atoms with Crippen molar-refractivity contribution in [1.82, 2.24) is 16.1 Å². The number of rotatable bonds is 8. The lowest BCUT2D eigenvalue weighted by atomic mass is 10.1. The van der Waals surface area contributed by atoms with Crippen molar-refractivity contribution in [3.8, 4) is 11.8 Å². The van der Waals surface area contributed by atoms with E-state index in [1.165, 1.54) is 0 Å². The predicted octanol–water partition coefficient (Wildman–Crippen LogP) is 3.55. The van der Waals surface area contributed by atoms with Gasteiger partial charge in [0.25, 0.3) is 11.8 Å². The number of hydroxylamine groups is 1. The zero-order valence-corrected chi connectivity index (χ0v) is 20.5. The fraction of sp³-hybridized carbons (Fsp3) is 0.385. The van der Waals surface area contributed by atoms with Crippen LogP contribution in [0.15, 0.2) is 48.5 Å². The zero-order chi connectivity index (χ0) is 26.9. The summed E-state index contributed by atoms with van der Waals surface area (Å²) in [5.41, 5.74) is 3.29. The third-order valence-electron chi connectivity index (χ3n) is 4.79. The first kappa shape index (κ1) is 28.8. The number of hydrogen-bond acceptors (Lipinski definition) is 5. The minimum atomic E-state index is -4.25. The van der Waals surface area contributed by atoms with Gasteiger partial charge in [-0.3, -0.25) is 14.8 Å². The summed E-state index contributed by atoms with van der Waals surface area (Å²) in [6, 6.07) is 12.1. The third-order valence-corrected chi connectivity index (χ3v) is 4.79. The first-order valence-electron chi connectivity index (χ1n) is 11.2. The van der Waals surface area contributed by atoms with Gasteiger partial charge in [0.2, 0.25) is 0 Å². The van der Waals surface area contributed by atoms with E-state index in [2.05, 4.69) is 22.5 Å². The molecule has 7 nitrogen and oxygen atoms in total. The molecule has 2 atom stereocenters. The van der Waals surface area contributed by atoms with Crippen LogP contribution in [0, 0.1) is 11.8 Å². The molecule has 0 aliphatic rings. The number of hydrogen-bond donors (Lipinski definition) is 4. The van der Waals surface area contributed by atoms with Crippen molar-refractivity contribution in [3.63, 3.8) is 0 Å². The Bertz CT molecular complexity index is 1080. The fourth-order valence-electron chi connectivity index (χ4n) is 3.22. The number of halogens is 3. The van der Waals surface area contributed by atoms with Crippen LogP contribution in [0.2, 0.25) is 0 Å². The minimum absolute atomic E-state index is 0.0959. The molecule has 0 saturated heterocycles. The van der Waals surface area contributed by atoms with Crippen LogP contribution >= 0.6 is 0 Å². The van der Waals surface area contributed by atoms with Gasteiger partial charge in [0.1, 0.15) is 6.04 Å². The monoisotopic (exact) mass is 505 g/mol. The molecule has 194 valence electrons. The minimum Gasteiger partial charge on any atom is -0.370 e. The van der Waals surface area contributed by atoms with Gasteiger partial charge in [-0.25, -0.2) is 5.48 Å². The Balaban J connectivity index is 2.01.